The van der Waals surface area contributed by atoms with Gasteiger partial charge in [-0.1, -0.05) is 30.3 Å². The second-order valence-electron chi connectivity index (χ2n) is 7.16. The maximum Gasteiger partial charge on any atom is 0.261 e. The van der Waals surface area contributed by atoms with E-state index in [1.54, 1.807) is 43.3 Å². The van der Waals surface area contributed by atoms with Gasteiger partial charge in [0.15, 0.2) is 11.5 Å². The van der Waals surface area contributed by atoms with Crippen molar-refractivity contribution in [1.82, 2.24) is 5.32 Å². The number of aryl methyl sites for hydroxylation is 1. The highest BCUT2D eigenvalue weighted by molar-refractivity contribution is 7.92. The number of sulfonamides is 1. The van der Waals surface area contributed by atoms with Crippen LogP contribution in [0.1, 0.15) is 15.9 Å². The Balaban J connectivity index is 1.38. The zero-order chi connectivity index (χ0) is 21.8. The fourth-order valence-corrected chi connectivity index (χ4v) is 4.35. The zero-order valence-electron chi connectivity index (χ0n) is 16.9. The molecule has 0 bridgehead atoms. The molecule has 1 atom stereocenters. The molecule has 7 nitrogen and oxygen atoms in total. The Morgan fingerprint density at radius 2 is 1.71 bits per heavy atom. The molecule has 0 fully saturated rings. The Labute approximate surface area is 181 Å². The number of nitrogens with one attached hydrogen (secondary N) is 2. The summed E-state index contributed by atoms with van der Waals surface area (Å²) in [4.78, 5) is 12.7. The van der Waals surface area contributed by atoms with Crippen LogP contribution in [0.25, 0.3) is 0 Å². The molecule has 3 aromatic carbocycles. The van der Waals surface area contributed by atoms with Crippen molar-refractivity contribution < 1.29 is 22.7 Å². The summed E-state index contributed by atoms with van der Waals surface area (Å²) in [6.07, 6.45) is -0.295. The summed E-state index contributed by atoms with van der Waals surface area (Å²) in [7, 11) is -3.70. The Morgan fingerprint density at radius 1 is 1.00 bits per heavy atom. The third-order valence-electron chi connectivity index (χ3n) is 4.84. The molecule has 0 spiro atoms. The number of anilines is 1. The van der Waals surface area contributed by atoms with E-state index < -0.39 is 10.0 Å². The lowest BCUT2D eigenvalue weighted by Gasteiger charge is -2.26. The number of ether oxygens (including phenoxy) is 2. The zero-order valence-corrected chi connectivity index (χ0v) is 17.7. The minimum Gasteiger partial charge on any atom is -0.486 e. The molecule has 3 aromatic rings. The molecular formula is C23H22N2O5S. The van der Waals surface area contributed by atoms with Crippen molar-refractivity contribution in [2.75, 3.05) is 17.9 Å². The summed E-state index contributed by atoms with van der Waals surface area (Å²) >= 11 is 0. The molecule has 8 heteroatoms. The van der Waals surface area contributed by atoms with Gasteiger partial charge in [-0.15, -0.1) is 0 Å². The van der Waals surface area contributed by atoms with E-state index in [0.29, 0.717) is 34.9 Å². The van der Waals surface area contributed by atoms with Gasteiger partial charge in [0, 0.05) is 5.56 Å². The molecule has 31 heavy (non-hydrogen) atoms. The highest BCUT2D eigenvalue weighted by Crippen LogP contribution is 2.30. The fraction of sp³-hybridized carbons (Fsp3) is 0.174. The van der Waals surface area contributed by atoms with Crippen LogP contribution < -0.4 is 19.5 Å². The van der Waals surface area contributed by atoms with Crippen LogP contribution in [0.2, 0.25) is 0 Å². The van der Waals surface area contributed by atoms with Crippen LogP contribution >= 0.6 is 0 Å². The Kier molecular flexibility index (Phi) is 5.81. The van der Waals surface area contributed by atoms with Gasteiger partial charge in [0.05, 0.1) is 17.1 Å². The number of hydrogen-bond donors (Lipinski definition) is 2. The molecule has 1 aliphatic heterocycles. The summed E-state index contributed by atoms with van der Waals surface area (Å²) in [6.45, 7) is 2.37. The van der Waals surface area contributed by atoms with Gasteiger partial charge in [0.2, 0.25) is 0 Å². The molecule has 0 saturated heterocycles. The maximum absolute atomic E-state index is 12.6. The summed E-state index contributed by atoms with van der Waals surface area (Å²) in [5.74, 6) is 1.07. The van der Waals surface area contributed by atoms with E-state index in [0.717, 1.165) is 0 Å². The van der Waals surface area contributed by atoms with Crippen molar-refractivity contribution in [3.05, 3.63) is 83.9 Å². The van der Waals surface area contributed by atoms with Crippen molar-refractivity contribution in [1.29, 1.82) is 0 Å². The molecule has 0 aliphatic carbocycles. The topological polar surface area (TPSA) is 93.7 Å². The molecule has 1 amide bonds. The second-order valence-corrected chi connectivity index (χ2v) is 8.84. The van der Waals surface area contributed by atoms with Gasteiger partial charge in [0.1, 0.15) is 12.7 Å². The minimum absolute atomic E-state index is 0.174. The van der Waals surface area contributed by atoms with Gasteiger partial charge in [-0.25, -0.2) is 8.42 Å². The highest BCUT2D eigenvalue weighted by atomic mass is 32.2. The van der Waals surface area contributed by atoms with Gasteiger partial charge < -0.3 is 14.8 Å². The monoisotopic (exact) mass is 438 g/mol. The smallest absolute Gasteiger partial charge is 0.261 e. The number of rotatable bonds is 6. The maximum atomic E-state index is 12.6. The number of hydrogen-bond acceptors (Lipinski definition) is 5. The van der Waals surface area contributed by atoms with E-state index in [1.807, 2.05) is 24.3 Å². The average Bonchev–Trinajstić information content (AvgIpc) is 2.79. The first-order valence-electron chi connectivity index (χ1n) is 9.77. The van der Waals surface area contributed by atoms with Gasteiger partial charge in [-0.2, -0.15) is 0 Å². The second kappa shape index (κ2) is 8.69. The summed E-state index contributed by atoms with van der Waals surface area (Å²) in [5.41, 5.74) is 1.48. The van der Waals surface area contributed by atoms with E-state index in [9.17, 15) is 13.2 Å². The van der Waals surface area contributed by atoms with Crippen LogP contribution in [0.5, 0.6) is 11.5 Å². The SMILES string of the molecule is Cc1cc(C(=O)NC[C@H]2COc3ccccc3O2)ccc1NS(=O)(=O)c1ccccc1. The molecule has 0 aromatic heterocycles. The van der Waals surface area contributed by atoms with Gasteiger partial charge in [-0.05, 0) is 55.0 Å². The molecule has 160 valence electrons. The van der Waals surface area contributed by atoms with Crippen LogP contribution in [0, 0.1) is 6.92 Å². The predicted octanol–water partition coefficient (Wildman–Crippen LogP) is 3.37. The lowest BCUT2D eigenvalue weighted by Crippen LogP contribution is -2.40. The number of benzene rings is 3. The van der Waals surface area contributed by atoms with E-state index in [-0.39, 0.29) is 23.5 Å². The Bertz CT molecular complexity index is 1200. The molecule has 1 heterocycles. The number of fused-ring (bicyclic) bond motifs is 1. The molecule has 0 radical (unpaired) electrons. The first-order valence-corrected chi connectivity index (χ1v) is 11.3. The first-order chi connectivity index (χ1) is 14.9. The highest BCUT2D eigenvalue weighted by Gasteiger charge is 2.21. The average molecular weight is 439 g/mol. The molecule has 0 unspecified atom stereocenters. The van der Waals surface area contributed by atoms with Crippen molar-refractivity contribution in [3.8, 4) is 11.5 Å². The van der Waals surface area contributed by atoms with Gasteiger partial charge >= 0.3 is 0 Å². The normalized spacial score (nSPS) is 15.2. The van der Waals surface area contributed by atoms with Crippen molar-refractivity contribution >= 4 is 21.6 Å². The van der Waals surface area contributed by atoms with E-state index in [4.69, 9.17) is 9.47 Å². The number of amides is 1. The first kappa shape index (κ1) is 20.7. The molecule has 4 rings (SSSR count). The third kappa shape index (κ3) is 4.80. The van der Waals surface area contributed by atoms with Crippen LogP contribution in [0.4, 0.5) is 5.69 Å². The molecule has 1 aliphatic rings. The van der Waals surface area contributed by atoms with Crippen molar-refractivity contribution in [2.24, 2.45) is 0 Å². The minimum atomic E-state index is -3.70. The Hall–Kier alpha value is -3.52. The quantitative estimate of drug-likeness (QED) is 0.616. The molecule has 0 saturated carbocycles. The van der Waals surface area contributed by atoms with Crippen molar-refractivity contribution in [2.45, 2.75) is 17.9 Å². The number of carbonyl (C=O) groups is 1. The lowest BCUT2D eigenvalue weighted by atomic mass is 10.1. The van der Waals surface area contributed by atoms with Gasteiger partial charge in [0.25, 0.3) is 15.9 Å². The third-order valence-corrected chi connectivity index (χ3v) is 6.23. The molecular weight excluding hydrogens is 416 g/mol. The summed E-state index contributed by atoms with van der Waals surface area (Å²) < 4.78 is 39.1. The predicted molar refractivity (Wildman–Crippen MR) is 117 cm³/mol. The summed E-state index contributed by atoms with van der Waals surface area (Å²) in [6, 6.07) is 20.3. The Morgan fingerprint density at radius 3 is 2.45 bits per heavy atom. The van der Waals surface area contributed by atoms with E-state index in [2.05, 4.69) is 10.0 Å². The van der Waals surface area contributed by atoms with E-state index >= 15 is 0 Å². The number of carbonyl (C=O) groups excluding carboxylic acids is 1. The largest absolute Gasteiger partial charge is 0.486 e. The lowest BCUT2D eigenvalue weighted by molar-refractivity contribution is 0.0789. The van der Waals surface area contributed by atoms with Crippen molar-refractivity contribution in [3.63, 3.8) is 0 Å². The molecule has 2 N–H and O–H groups in total. The van der Waals surface area contributed by atoms with Crippen LogP contribution in [0.3, 0.4) is 0 Å². The van der Waals surface area contributed by atoms with E-state index in [1.165, 1.54) is 12.1 Å². The van der Waals surface area contributed by atoms with Crippen LogP contribution in [-0.2, 0) is 10.0 Å². The van der Waals surface area contributed by atoms with Crippen LogP contribution in [-0.4, -0.2) is 33.6 Å². The standard InChI is InChI=1S/C23H22N2O5S/c1-16-13-17(11-12-20(16)25-31(27,28)19-7-3-2-4-8-19)23(26)24-14-18-15-29-21-9-5-6-10-22(21)30-18/h2-13,18,25H,14-15H2,1H3,(H,24,26)/t18-/m0/s1. The van der Waals surface area contributed by atoms with Gasteiger partial charge in [-0.3, -0.25) is 9.52 Å². The fourth-order valence-electron chi connectivity index (χ4n) is 3.20. The summed E-state index contributed by atoms with van der Waals surface area (Å²) in [5, 5.41) is 2.84. The number of para-hydroxylation sites is 2. The van der Waals surface area contributed by atoms with Crippen LogP contribution in [0.15, 0.2) is 77.7 Å².